The van der Waals surface area contributed by atoms with E-state index in [1.54, 1.807) is 14.2 Å². The molecule has 1 heterocycles. The van der Waals surface area contributed by atoms with Crippen molar-refractivity contribution in [3.05, 3.63) is 35.4 Å². The van der Waals surface area contributed by atoms with E-state index in [0.717, 1.165) is 62.2 Å². The molecule has 1 aromatic carbocycles. The van der Waals surface area contributed by atoms with Crippen LogP contribution >= 0.6 is 0 Å². The summed E-state index contributed by atoms with van der Waals surface area (Å²) in [6.45, 7) is 5.90. The summed E-state index contributed by atoms with van der Waals surface area (Å²) in [4.78, 5) is 4.65. The third-order valence-corrected chi connectivity index (χ3v) is 4.01. The van der Waals surface area contributed by atoms with Crippen LogP contribution in [0.25, 0.3) is 0 Å². The van der Waals surface area contributed by atoms with E-state index in [2.05, 4.69) is 28.6 Å². The second kappa shape index (κ2) is 10.6. The van der Waals surface area contributed by atoms with Crippen molar-refractivity contribution in [3.8, 4) is 11.5 Å². The SMILES string of the molecule is CCNC(=NCc1ccc(OC)c(OC)c1)NCCC1=CCOCC1. The van der Waals surface area contributed by atoms with Gasteiger partial charge in [0.1, 0.15) is 0 Å². The number of benzene rings is 1. The average molecular weight is 347 g/mol. The highest BCUT2D eigenvalue weighted by molar-refractivity contribution is 5.79. The van der Waals surface area contributed by atoms with E-state index >= 15 is 0 Å². The van der Waals surface area contributed by atoms with Crippen molar-refractivity contribution < 1.29 is 14.2 Å². The summed E-state index contributed by atoms with van der Waals surface area (Å²) in [5.74, 6) is 2.27. The van der Waals surface area contributed by atoms with Gasteiger partial charge < -0.3 is 24.8 Å². The van der Waals surface area contributed by atoms with E-state index in [0.29, 0.717) is 6.54 Å². The highest BCUT2D eigenvalue weighted by atomic mass is 16.5. The van der Waals surface area contributed by atoms with Crippen LogP contribution in [0.2, 0.25) is 0 Å². The number of methoxy groups -OCH3 is 2. The quantitative estimate of drug-likeness (QED) is 0.430. The van der Waals surface area contributed by atoms with Gasteiger partial charge in [-0.1, -0.05) is 17.7 Å². The Morgan fingerprint density at radius 3 is 2.72 bits per heavy atom. The topological polar surface area (TPSA) is 64.1 Å². The maximum atomic E-state index is 5.34. The van der Waals surface area contributed by atoms with Gasteiger partial charge in [0.15, 0.2) is 17.5 Å². The third-order valence-electron chi connectivity index (χ3n) is 4.01. The molecule has 0 aliphatic carbocycles. The molecular weight excluding hydrogens is 318 g/mol. The van der Waals surface area contributed by atoms with E-state index in [1.807, 2.05) is 18.2 Å². The Kier molecular flexibility index (Phi) is 8.12. The highest BCUT2D eigenvalue weighted by Crippen LogP contribution is 2.27. The van der Waals surface area contributed by atoms with Crippen LogP contribution in [0.4, 0.5) is 0 Å². The first kappa shape index (κ1) is 19.1. The molecule has 0 amide bonds. The lowest BCUT2D eigenvalue weighted by atomic mass is 10.1. The molecule has 0 saturated carbocycles. The van der Waals surface area contributed by atoms with Gasteiger partial charge in [-0.3, -0.25) is 0 Å². The van der Waals surface area contributed by atoms with Crippen molar-refractivity contribution in [3.63, 3.8) is 0 Å². The monoisotopic (exact) mass is 347 g/mol. The number of nitrogens with one attached hydrogen (secondary N) is 2. The van der Waals surface area contributed by atoms with Crippen LogP contribution in [0.15, 0.2) is 34.8 Å². The molecule has 138 valence electrons. The van der Waals surface area contributed by atoms with Crippen molar-refractivity contribution in [2.24, 2.45) is 4.99 Å². The van der Waals surface area contributed by atoms with E-state index in [4.69, 9.17) is 14.2 Å². The van der Waals surface area contributed by atoms with E-state index in [-0.39, 0.29) is 0 Å². The molecule has 0 atom stereocenters. The number of hydrogen-bond acceptors (Lipinski definition) is 4. The maximum absolute atomic E-state index is 5.34. The summed E-state index contributed by atoms with van der Waals surface area (Å²) < 4.78 is 15.9. The van der Waals surface area contributed by atoms with Crippen molar-refractivity contribution in [2.75, 3.05) is 40.5 Å². The van der Waals surface area contributed by atoms with Crippen molar-refractivity contribution in [1.82, 2.24) is 10.6 Å². The van der Waals surface area contributed by atoms with Crippen molar-refractivity contribution in [2.45, 2.75) is 26.3 Å². The lowest BCUT2D eigenvalue weighted by Gasteiger charge is -2.15. The molecule has 1 aromatic rings. The summed E-state index contributed by atoms with van der Waals surface area (Å²) in [6.07, 6.45) is 4.23. The third kappa shape index (κ3) is 6.31. The van der Waals surface area contributed by atoms with Gasteiger partial charge in [0.2, 0.25) is 0 Å². The molecule has 0 spiro atoms. The first-order valence-corrected chi connectivity index (χ1v) is 8.75. The number of guanidine groups is 1. The number of hydrogen-bond donors (Lipinski definition) is 2. The Morgan fingerprint density at radius 1 is 1.20 bits per heavy atom. The van der Waals surface area contributed by atoms with Gasteiger partial charge >= 0.3 is 0 Å². The molecule has 25 heavy (non-hydrogen) atoms. The van der Waals surface area contributed by atoms with Gasteiger partial charge in [-0.15, -0.1) is 0 Å². The minimum Gasteiger partial charge on any atom is -0.493 e. The summed E-state index contributed by atoms with van der Waals surface area (Å²) in [5, 5.41) is 6.67. The molecule has 1 aliphatic rings. The fraction of sp³-hybridized carbons (Fsp3) is 0.526. The molecule has 6 heteroatoms. The average Bonchev–Trinajstić information content (AvgIpc) is 2.66. The summed E-state index contributed by atoms with van der Waals surface area (Å²) in [5.41, 5.74) is 2.52. The largest absolute Gasteiger partial charge is 0.493 e. The molecule has 2 rings (SSSR count). The van der Waals surface area contributed by atoms with Crippen LogP contribution in [0, 0.1) is 0 Å². The van der Waals surface area contributed by atoms with E-state index in [1.165, 1.54) is 5.57 Å². The Balaban J connectivity index is 1.91. The Bertz CT molecular complexity index is 600. The fourth-order valence-electron chi connectivity index (χ4n) is 2.63. The number of ether oxygens (including phenoxy) is 3. The van der Waals surface area contributed by atoms with Crippen LogP contribution in [0.3, 0.4) is 0 Å². The Labute approximate surface area is 150 Å². The Hall–Kier alpha value is -2.21. The van der Waals surface area contributed by atoms with Gasteiger partial charge in [-0.25, -0.2) is 4.99 Å². The molecule has 2 N–H and O–H groups in total. The molecule has 0 unspecified atom stereocenters. The molecular formula is C19H29N3O3. The highest BCUT2D eigenvalue weighted by Gasteiger charge is 2.06. The zero-order valence-electron chi connectivity index (χ0n) is 15.4. The Morgan fingerprint density at radius 2 is 2.04 bits per heavy atom. The van der Waals surface area contributed by atoms with Crippen LogP contribution in [0.1, 0.15) is 25.3 Å². The van der Waals surface area contributed by atoms with Crippen molar-refractivity contribution in [1.29, 1.82) is 0 Å². The second-order valence-electron chi connectivity index (χ2n) is 5.75. The van der Waals surface area contributed by atoms with Crippen LogP contribution < -0.4 is 20.1 Å². The van der Waals surface area contributed by atoms with E-state index in [9.17, 15) is 0 Å². The van der Waals surface area contributed by atoms with Gasteiger partial charge in [0.25, 0.3) is 0 Å². The predicted molar refractivity (Wildman–Crippen MR) is 101 cm³/mol. The van der Waals surface area contributed by atoms with E-state index < -0.39 is 0 Å². The van der Waals surface area contributed by atoms with Crippen LogP contribution in [-0.2, 0) is 11.3 Å². The summed E-state index contributed by atoms with van der Waals surface area (Å²) in [7, 11) is 3.28. The zero-order chi connectivity index (χ0) is 17.9. The lowest BCUT2D eigenvalue weighted by Crippen LogP contribution is -2.38. The molecule has 0 radical (unpaired) electrons. The van der Waals surface area contributed by atoms with Gasteiger partial charge in [0.05, 0.1) is 34.0 Å². The maximum Gasteiger partial charge on any atom is 0.191 e. The second-order valence-corrected chi connectivity index (χ2v) is 5.75. The minimum absolute atomic E-state index is 0.576. The molecule has 1 aliphatic heterocycles. The van der Waals surface area contributed by atoms with Gasteiger partial charge in [0, 0.05) is 13.1 Å². The molecule has 0 aromatic heterocycles. The molecule has 0 fully saturated rings. The zero-order valence-corrected chi connectivity index (χ0v) is 15.4. The normalized spacial score (nSPS) is 14.7. The number of rotatable bonds is 8. The predicted octanol–water partition coefficient (Wildman–Crippen LogP) is 2.50. The number of aliphatic imine (C=N–C) groups is 1. The summed E-state index contributed by atoms with van der Waals surface area (Å²) >= 11 is 0. The van der Waals surface area contributed by atoms with Crippen LogP contribution in [0.5, 0.6) is 11.5 Å². The van der Waals surface area contributed by atoms with Gasteiger partial charge in [-0.05, 0) is 37.5 Å². The summed E-state index contributed by atoms with van der Waals surface area (Å²) in [6, 6.07) is 5.86. The lowest BCUT2D eigenvalue weighted by molar-refractivity contribution is 0.153. The van der Waals surface area contributed by atoms with Gasteiger partial charge in [-0.2, -0.15) is 0 Å². The fourth-order valence-corrected chi connectivity index (χ4v) is 2.63. The first-order chi connectivity index (χ1) is 12.3. The number of nitrogens with zero attached hydrogens (tertiary/aromatic N) is 1. The van der Waals surface area contributed by atoms with Crippen molar-refractivity contribution >= 4 is 5.96 Å². The first-order valence-electron chi connectivity index (χ1n) is 8.75. The van der Waals surface area contributed by atoms with Crippen LogP contribution in [-0.4, -0.2) is 46.5 Å². The molecule has 0 bridgehead atoms. The molecule has 0 saturated heterocycles. The standard InChI is InChI=1S/C19H29N3O3/c1-4-20-19(21-10-7-15-8-11-25-12-9-15)22-14-16-5-6-17(23-2)18(13-16)24-3/h5-6,8,13H,4,7,9-12,14H2,1-3H3,(H2,20,21,22). The minimum atomic E-state index is 0.576. The molecule has 6 nitrogen and oxygen atoms in total. The smallest absolute Gasteiger partial charge is 0.191 e.